The normalized spacial score (nSPS) is 21.8. The highest BCUT2D eigenvalue weighted by atomic mass is 32.1. The monoisotopic (exact) mass is 364 g/mol. The van der Waals surface area contributed by atoms with Crippen LogP contribution in [0.2, 0.25) is 0 Å². The first-order valence-corrected chi connectivity index (χ1v) is 9.60. The van der Waals surface area contributed by atoms with E-state index >= 15 is 0 Å². The van der Waals surface area contributed by atoms with Crippen molar-refractivity contribution in [2.24, 2.45) is 17.6 Å². The highest BCUT2D eigenvalue weighted by molar-refractivity contribution is 7.14. The molecule has 2 aliphatic rings. The van der Waals surface area contributed by atoms with Gasteiger partial charge in [0.05, 0.1) is 10.9 Å². The minimum absolute atomic E-state index is 0.0940. The minimum Gasteiger partial charge on any atom is -0.369 e. The second-order valence-electron chi connectivity index (χ2n) is 6.69. The van der Waals surface area contributed by atoms with Crippen LogP contribution < -0.4 is 11.1 Å². The molecule has 4 amide bonds. The minimum atomic E-state index is -0.277. The summed E-state index contributed by atoms with van der Waals surface area (Å²) in [4.78, 5) is 39.9. The van der Waals surface area contributed by atoms with Crippen LogP contribution in [0.3, 0.4) is 0 Å². The average molecular weight is 364 g/mol. The molecule has 0 saturated carbocycles. The largest absolute Gasteiger partial charge is 0.369 e. The van der Waals surface area contributed by atoms with Gasteiger partial charge in [-0.15, -0.1) is 11.3 Å². The molecule has 1 atom stereocenters. The van der Waals surface area contributed by atoms with Crippen LogP contribution in [0.15, 0.2) is 17.5 Å². The Balaban J connectivity index is 1.53. The van der Waals surface area contributed by atoms with Crippen LogP contribution in [-0.2, 0) is 9.59 Å². The molecule has 2 aliphatic heterocycles. The second kappa shape index (κ2) is 7.86. The third-order valence-electron chi connectivity index (χ3n) is 5.02. The Labute approximate surface area is 151 Å². The van der Waals surface area contributed by atoms with E-state index in [9.17, 15) is 14.4 Å². The number of nitrogens with two attached hydrogens (primary N) is 1. The number of thiophene rings is 1. The Kier molecular flexibility index (Phi) is 5.57. The second-order valence-corrected chi connectivity index (χ2v) is 7.64. The Bertz CT molecular complexity index is 626. The summed E-state index contributed by atoms with van der Waals surface area (Å²) in [5.41, 5.74) is 5.35. The number of hydrogen-bond donors (Lipinski definition) is 2. The summed E-state index contributed by atoms with van der Waals surface area (Å²) in [7, 11) is 0. The summed E-state index contributed by atoms with van der Waals surface area (Å²) >= 11 is 1.48. The lowest BCUT2D eigenvalue weighted by Gasteiger charge is -2.37. The van der Waals surface area contributed by atoms with Crippen molar-refractivity contribution < 1.29 is 14.4 Å². The molecule has 0 bridgehead atoms. The Hall–Kier alpha value is -2.09. The van der Waals surface area contributed by atoms with Gasteiger partial charge in [-0.1, -0.05) is 0 Å². The van der Waals surface area contributed by atoms with E-state index in [2.05, 4.69) is 5.32 Å². The predicted octanol–water partition coefficient (Wildman–Crippen LogP) is 1.72. The molecule has 2 fully saturated rings. The Morgan fingerprint density at radius 3 is 2.48 bits per heavy atom. The maximum absolute atomic E-state index is 12.8. The van der Waals surface area contributed by atoms with Gasteiger partial charge in [0.25, 0.3) is 0 Å². The standard InChI is InChI=1S/C17H24N4O3S/c18-15(22)12-5-8-20(9-6-12)16(23)13-3-1-7-21(11-13)17(24)19-14-4-2-10-25-14/h2,4,10,12-13H,1,3,5-9,11H2,(H2,18,22)(H,19,24). The first kappa shape index (κ1) is 17.7. The summed E-state index contributed by atoms with van der Waals surface area (Å²) in [6.07, 6.45) is 2.90. The fourth-order valence-corrected chi connectivity index (χ4v) is 4.15. The average Bonchev–Trinajstić information content (AvgIpc) is 3.14. The molecule has 25 heavy (non-hydrogen) atoms. The van der Waals surface area contributed by atoms with E-state index in [0.29, 0.717) is 39.0 Å². The van der Waals surface area contributed by atoms with Gasteiger partial charge in [-0.3, -0.25) is 14.9 Å². The number of anilines is 1. The summed E-state index contributed by atoms with van der Waals surface area (Å²) in [6.45, 7) is 2.27. The first-order chi connectivity index (χ1) is 12.0. The number of nitrogens with zero attached hydrogens (tertiary/aromatic N) is 2. The molecule has 3 N–H and O–H groups in total. The molecule has 0 radical (unpaired) electrons. The highest BCUT2D eigenvalue weighted by Crippen LogP contribution is 2.24. The Morgan fingerprint density at radius 2 is 1.84 bits per heavy atom. The van der Waals surface area contributed by atoms with Gasteiger partial charge in [0.15, 0.2) is 0 Å². The number of likely N-dealkylation sites (tertiary alicyclic amines) is 2. The predicted molar refractivity (Wildman–Crippen MR) is 96.1 cm³/mol. The van der Waals surface area contributed by atoms with Gasteiger partial charge in [0.2, 0.25) is 11.8 Å². The molecular formula is C17H24N4O3S. The maximum Gasteiger partial charge on any atom is 0.322 e. The van der Waals surface area contributed by atoms with Crippen LogP contribution in [0.25, 0.3) is 0 Å². The molecule has 1 aromatic heterocycles. The fourth-order valence-electron chi connectivity index (χ4n) is 3.54. The third-order valence-corrected chi connectivity index (χ3v) is 5.80. The van der Waals surface area contributed by atoms with E-state index < -0.39 is 0 Å². The van der Waals surface area contributed by atoms with E-state index in [1.54, 1.807) is 4.90 Å². The molecule has 1 unspecified atom stereocenters. The molecule has 0 aromatic carbocycles. The van der Waals surface area contributed by atoms with Crippen LogP contribution in [0.5, 0.6) is 0 Å². The van der Waals surface area contributed by atoms with Gasteiger partial charge < -0.3 is 15.5 Å². The number of carbonyl (C=O) groups is 3. The van der Waals surface area contributed by atoms with Gasteiger partial charge in [-0.25, -0.2) is 4.79 Å². The molecule has 3 heterocycles. The molecule has 3 rings (SSSR count). The van der Waals surface area contributed by atoms with E-state index in [1.165, 1.54) is 11.3 Å². The molecule has 136 valence electrons. The van der Waals surface area contributed by atoms with Crippen molar-refractivity contribution in [3.8, 4) is 0 Å². The summed E-state index contributed by atoms with van der Waals surface area (Å²) < 4.78 is 0. The number of hydrogen-bond acceptors (Lipinski definition) is 4. The summed E-state index contributed by atoms with van der Waals surface area (Å²) in [5.74, 6) is -0.464. The topological polar surface area (TPSA) is 95.7 Å². The number of primary amides is 1. The van der Waals surface area contributed by atoms with Crippen molar-refractivity contribution in [2.45, 2.75) is 25.7 Å². The quantitative estimate of drug-likeness (QED) is 0.855. The maximum atomic E-state index is 12.8. The van der Waals surface area contributed by atoms with Crippen molar-refractivity contribution in [3.63, 3.8) is 0 Å². The smallest absolute Gasteiger partial charge is 0.322 e. The lowest BCUT2D eigenvalue weighted by atomic mass is 9.92. The van der Waals surface area contributed by atoms with Gasteiger partial charge in [-0.2, -0.15) is 0 Å². The van der Waals surface area contributed by atoms with Crippen molar-refractivity contribution in [3.05, 3.63) is 17.5 Å². The Morgan fingerprint density at radius 1 is 1.08 bits per heavy atom. The van der Waals surface area contributed by atoms with Gasteiger partial charge in [0.1, 0.15) is 0 Å². The van der Waals surface area contributed by atoms with Crippen LogP contribution in [0.4, 0.5) is 9.80 Å². The van der Waals surface area contributed by atoms with Gasteiger partial charge in [0, 0.05) is 32.1 Å². The molecule has 2 saturated heterocycles. The highest BCUT2D eigenvalue weighted by Gasteiger charge is 2.33. The fraction of sp³-hybridized carbons (Fsp3) is 0.588. The first-order valence-electron chi connectivity index (χ1n) is 8.72. The van der Waals surface area contributed by atoms with Crippen LogP contribution in [0, 0.1) is 11.8 Å². The van der Waals surface area contributed by atoms with E-state index in [0.717, 1.165) is 17.8 Å². The summed E-state index contributed by atoms with van der Waals surface area (Å²) in [6, 6.07) is 3.60. The van der Waals surface area contributed by atoms with Crippen molar-refractivity contribution in [1.82, 2.24) is 9.80 Å². The van der Waals surface area contributed by atoms with E-state index in [-0.39, 0.29) is 29.7 Å². The molecule has 0 aliphatic carbocycles. The number of carbonyl (C=O) groups excluding carboxylic acids is 3. The molecule has 0 spiro atoms. The molecule has 8 heteroatoms. The molecule has 1 aromatic rings. The molecule has 7 nitrogen and oxygen atoms in total. The SMILES string of the molecule is NC(=O)C1CCN(C(=O)C2CCCN(C(=O)Nc3cccs3)C2)CC1. The number of urea groups is 1. The summed E-state index contributed by atoms with van der Waals surface area (Å²) in [5, 5.41) is 5.60. The van der Waals surface area contributed by atoms with E-state index in [1.807, 2.05) is 22.4 Å². The number of rotatable bonds is 3. The van der Waals surface area contributed by atoms with Crippen molar-refractivity contribution in [1.29, 1.82) is 0 Å². The third kappa shape index (κ3) is 4.31. The van der Waals surface area contributed by atoms with Gasteiger partial charge >= 0.3 is 6.03 Å². The zero-order valence-electron chi connectivity index (χ0n) is 14.1. The van der Waals surface area contributed by atoms with E-state index in [4.69, 9.17) is 5.73 Å². The molecular weight excluding hydrogens is 340 g/mol. The number of amides is 4. The zero-order chi connectivity index (χ0) is 17.8. The lowest BCUT2D eigenvalue weighted by molar-refractivity contribution is -0.139. The van der Waals surface area contributed by atoms with Crippen molar-refractivity contribution in [2.75, 3.05) is 31.5 Å². The van der Waals surface area contributed by atoms with Crippen molar-refractivity contribution >= 4 is 34.2 Å². The number of nitrogens with one attached hydrogen (secondary N) is 1. The zero-order valence-corrected chi connectivity index (χ0v) is 15.0. The van der Waals surface area contributed by atoms with Crippen LogP contribution in [0.1, 0.15) is 25.7 Å². The van der Waals surface area contributed by atoms with Crippen LogP contribution >= 0.6 is 11.3 Å². The van der Waals surface area contributed by atoms with Crippen LogP contribution in [-0.4, -0.2) is 53.8 Å². The number of piperidine rings is 2. The van der Waals surface area contributed by atoms with Gasteiger partial charge in [-0.05, 0) is 43.2 Å². The lowest BCUT2D eigenvalue weighted by Crippen LogP contribution is -2.50.